The van der Waals surface area contributed by atoms with Gasteiger partial charge in [-0.25, -0.2) is 0 Å². The van der Waals surface area contributed by atoms with E-state index in [1.54, 1.807) is 19.1 Å². The van der Waals surface area contributed by atoms with Gasteiger partial charge in [-0.3, -0.25) is 4.79 Å². The van der Waals surface area contributed by atoms with Gasteiger partial charge < -0.3 is 4.74 Å². The lowest BCUT2D eigenvalue weighted by molar-refractivity contribution is 0.101. The normalized spacial score (nSPS) is 10.5. The zero-order valence-electron chi connectivity index (χ0n) is 13.0. The van der Waals surface area contributed by atoms with Crippen molar-refractivity contribution >= 4 is 5.78 Å². The highest BCUT2D eigenvalue weighted by atomic mass is 16.5. The van der Waals surface area contributed by atoms with Gasteiger partial charge >= 0.3 is 0 Å². The lowest BCUT2D eigenvalue weighted by atomic mass is 10.0. The van der Waals surface area contributed by atoms with E-state index in [2.05, 4.69) is 0 Å². The number of benzene rings is 3. The van der Waals surface area contributed by atoms with Crippen LogP contribution in [-0.4, -0.2) is 5.78 Å². The standard InChI is InChI=1S/C21H18O2/c1-16(22)19-13-8-14-20(15-19)23-21(17-9-4-2-5-10-17)18-11-6-3-7-12-18/h2-15,21H,1H3. The summed E-state index contributed by atoms with van der Waals surface area (Å²) in [6.07, 6.45) is -0.209. The Morgan fingerprint density at radius 2 is 1.35 bits per heavy atom. The van der Waals surface area contributed by atoms with Gasteiger partial charge in [0, 0.05) is 5.56 Å². The Bertz CT molecular complexity index is 740. The van der Waals surface area contributed by atoms with Gasteiger partial charge in [0.15, 0.2) is 5.78 Å². The van der Waals surface area contributed by atoms with Crippen LogP contribution in [0, 0.1) is 0 Å². The number of carbonyl (C=O) groups is 1. The Kier molecular flexibility index (Phi) is 4.53. The highest BCUT2D eigenvalue weighted by Crippen LogP contribution is 2.28. The largest absolute Gasteiger partial charge is 0.481 e. The number of ether oxygens (including phenoxy) is 1. The number of hydrogen-bond donors (Lipinski definition) is 0. The molecule has 2 heteroatoms. The summed E-state index contributed by atoms with van der Waals surface area (Å²) in [4.78, 5) is 11.6. The van der Waals surface area contributed by atoms with Crippen LogP contribution in [0.4, 0.5) is 0 Å². The third-order valence-electron chi connectivity index (χ3n) is 3.70. The summed E-state index contributed by atoms with van der Waals surface area (Å²) >= 11 is 0. The summed E-state index contributed by atoms with van der Waals surface area (Å²) in [7, 11) is 0. The molecule has 3 aromatic carbocycles. The molecule has 2 nitrogen and oxygen atoms in total. The molecule has 0 aliphatic heterocycles. The smallest absolute Gasteiger partial charge is 0.159 e. The summed E-state index contributed by atoms with van der Waals surface area (Å²) in [5.74, 6) is 0.724. The topological polar surface area (TPSA) is 26.3 Å². The molecule has 0 amide bonds. The molecule has 0 atom stereocenters. The Hall–Kier alpha value is -2.87. The summed E-state index contributed by atoms with van der Waals surface area (Å²) < 4.78 is 6.23. The van der Waals surface area contributed by atoms with Crippen molar-refractivity contribution in [3.05, 3.63) is 102 Å². The summed E-state index contributed by atoms with van der Waals surface area (Å²) in [6.45, 7) is 1.56. The van der Waals surface area contributed by atoms with Crippen LogP contribution in [0.25, 0.3) is 0 Å². The summed E-state index contributed by atoms with van der Waals surface area (Å²) in [6, 6.07) is 27.5. The van der Waals surface area contributed by atoms with E-state index >= 15 is 0 Å². The van der Waals surface area contributed by atoms with Gasteiger partial charge in [-0.15, -0.1) is 0 Å². The molecule has 0 fully saturated rings. The van der Waals surface area contributed by atoms with Gasteiger partial charge in [0.1, 0.15) is 11.9 Å². The molecule has 0 saturated heterocycles. The first-order valence-corrected chi connectivity index (χ1v) is 7.61. The minimum Gasteiger partial charge on any atom is -0.481 e. The van der Waals surface area contributed by atoms with E-state index in [9.17, 15) is 4.79 Å². The van der Waals surface area contributed by atoms with E-state index in [0.29, 0.717) is 11.3 Å². The molecule has 3 rings (SSSR count). The maximum atomic E-state index is 11.6. The Balaban J connectivity index is 1.97. The quantitative estimate of drug-likeness (QED) is 0.616. The Morgan fingerprint density at radius 1 is 0.783 bits per heavy atom. The average molecular weight is 302 g/mol. The molecule has 0 saturated carbocycles. The van der Waals surface area contributed by atoms with E-state index in [0.717, 1.165) is 11.1 Å². The molecule has 3 aromatic rings. The van der Waals surface area contributed by atoms with Crippen LogP contribution < -0.4 is 4.74 Å². The van der Waals surface area contributed by atoms with Gasteiger partial charge in [-0.05, 0) is 30.2 Å². The highest BCUT2D eigenvalue weighted by Gasteiger charge is 2.16. The molecule has 0 unspecified atom stereocenters. The lowest BCUT2D eigenvalue weighted by Gasteiger charge is -2.20. The van der Waals surface area contributed by atoms with Crippen molar-refractivity contribution in [1.29, 1.82) is 0 Å². The summed E-state index contributed by atoms with van der Waals surface area (Å²) in [5.41, 5.74) is 2.81. The van der Waals surface area contributed by atoms with E-state index < -0.39 is 0 Å². The van der Waals surface area contributed by atoms with E-state index in [4.69, 9.17) is 4.74 Å². The Labute approximate surface area is 136 Å². The molecule has 0 aromatic heterocycles. The molecule has 0 aliphatic carbocycles. The predicted molar refractivity (Wildman–Crippen MR) is 91.8 cm³/mol. The molecule has 0 N–H and O–H groups in total. The van der Waals surface area contributed by atoms with E-state index in [-0.39, 0.29) is 11.9 Å². The van der Waals surface area contributed by atoms with Crippen LogP contribution in [0.15, 0.2) is 84.9 Å². The molecular formula is C21H18O2. The van der Waals surface area contributed by atoms with Crippen molar-refractivity contribution in [1.82, 2.24) is 0 Å². The molecule has 0 aliphatic rings. The Morgan fingerprint density at radius 3 is 1.87 bits per heavy atom. The maximum Gasteiger partial charge on any atom is 0.159 e. The molecule has 0 spiro atoms. The molecular weight excluding hydrogens is 284 g/mol. The van der Waals surface area contributed by atoms with Crippen LogP contribution >= 0.6 is 0 Å². The number of Topliss-reactive ketones (excluding diaryl/α,β-unsaturated/α-hetero) is 1. The molecule has 0 radical (unpaired) electrons. The van der Waals surface area contributed by atoms with Crippen molar-refractivity contribution in [2.45, 2.75) is 13.0 Å². The van der Waals surface area contributed by atoms with Crippen molar-refractivity contribution < 1.29 is 9.53 Å². The molecule has 0 heterocycles. The first-order chi connectivity index (χ1) is 11.2. The van der Waals surface area contributed by atoms with Crippen LogP contribution in [0.2, 0.25) is 0 Å². The van der Waals surface area contributed by atoms with Crippen molar-refractivity contribution in [3.8, 4) is 5.75 Å². The first kappa shape index (κ1) is 15.0. The van der Waals surface area contributed by atoms with Gasteiger partial charge in [-0.2, -0.15) is 0 Å². The third kappa shape index (κ3) is 3.67. The van der Waals surface area contributed by atoms with Crippen molar-refractivity contribution in [2.24, 2.45) is 0 Å². The van der Waals surface area contributed by atoms with Gasteiger partial charge in [0.25, 0.3) is 0 Å². The van der Waals surface area contributed by atoms with Crippen LogP contribution in [0.5, 0.6) is 5.75 Å². The molecule has 0 bridgehead atoms. The summed E-state index contributed by atoms with van der Waals surface area (Å²) in [5, 5.41) is 0. The SMILES string of the molecule is CC(=O)c1cccc(OC(c2ccccc2)c2ccccc2)c1. The van der Waals surface area contributed by atoms with E-state index in [1.807, 2.05) is 72.8 Å². The molecule has 23 heavy (non-hydrogen) atoms. The second-order valence-corrected chi connectivity index (χ2v) is 5.40. The number of hydrogen-bond acceptors (Lipinski definition) is 2. The second-order valence-electron chi connectivity index (χ2n) is 5.40. The van der Waals surface area contributed by atoms with E-state index in [1.165, 1.54) is 0 Å². The number of rotatable bonds is 5. The van der Waals surface area contributed by atoms with Crippen LogP contribution in [0.3, 0.4) is 0 Å². The monoisotopic (exact) mass is 302 g/mol. The third-order valence-corrected chi connectivity index (χ3v) is 3.70. The maximum absolute atomic E-state index is 11.6. The number of ketones is 1. The van der Waals surface area contributed by atoms with Crippen molar-refractivity contribution in [3.63, 3.8) is 0 Å². The van der Waals surface area contributed by atoms with Gasteiger partial charge in [-0.1, -0.05) is 72.8 Å². The first-order valence-electron chi connectivity index (χ1n) is 7.61. The predicted octanol–water partition coefficient (Wildman–Crippen LogP) is 5.06. The van der Waals surface area contributed by atoms with Crippen molar-refractivity contribution in [2.75, 3.05) is 0 Å². The lowest BCUT2D eigenvalue weighted by Crippen LogP contribution is -2.09. The molecule has 114 valence electrons. The minimum atomic E-state index is -0.209. The van der Waals surface area contributed by atoms with Crippen LogP contribution in [0.1, 0.15) is 34.5 Å². The second kappa shape index (κ2) is 6.93. The van der Waals surface area contributed by atoms with Crippen LogP contribution in [-0.2, 0) is 0 Å². The highest BCUT2D eigenvalue weighted by molar-refractivity contribution is 5.94. The zero-order valence-corrected chi connectivity index (χ0v) is 13.0. The fourth-order valence-electron chi connectivity index (χ4n) is 2.51. The number of carbonyl (C=O) groups excluding carboxylic acids is 1. The fraction of sp³-hybridized carbons (Fsp3) is 0.0952. The van der Waals surface area contributed by atoms with Gasteiger partial charge in [0.2, 0.25) is 0 Å². The minimum absolute atomic E-state index is 0.0337. The average Bonchev–Trinajstić information content (AvgIpc) is 2.61. The zero-order chi connectivity index (χ0) is 16.1. The van der Waals surface area contributed by atoms with Gasteiger partial charge in [0.05, 0.1) is 0 Å². The fourth-order valence-corrected chi connectivity index (χ4v) is 2.51.